The molecule has 17 heavy (non-hydrogen) atoms. The predicted octanol–water partition coefficient (Wildman–Crippen LogP) is -0.143. The Morgan fingerprint density at radius 3 is 2.65 bits per heavy atom. The molecule has 0 aromatic carbocycles. The van der Waals surface area contributed by atoms with Gasteiger partial charge in [0.2, 0.25) is 0 Å². The number of aromatic nitrogens is 3. The standard InChI is InChI=1S/C10H18BrN5O/c1-14-4-5-15(2)7(6-14)9(17)8-10(11)12-13-16(8)3/h7,9,17H,4-6H2,1-3H3. The van der Waals surface area contributed by atoms with Crippen LogP contribution in [0, 0.1) is 0 Å². The maximum atomic E-state index is 10.5. The molecule has 0 aliphatic carbocycles. The Kier molecular flexibility index (Phi) is 3.82. The van der Waals surface area contributed by atoms with E-state index in [9.17, 15) is 5.11 Å². The summed E-state index contributed by atoms with van der Waals surface area (Å²) in [5.41, 5.74) is 0.733. The number of hydrogen-bond acceptors (Lipinski definition) is 5. The Balaban J connectivity index is 2.21. The molecule has 2 unspecified atom stereocenters. The van der Waals surface area contributed by atoms with Crippen molar-refractivity contribution in [1.82, 2.24) is 24.8 Å². The molecule has 2 atom stereocenters. The second-order valence-corrected chi connectivity index (χ2v) is 5.40. The van der Waals surface area contributed by atoms with Gasteiger partial charge in [0.05, 0.1) is 6.04 Å². The van der Waals surface area contributed by atoms with E-state index in [2.05, 4.69) is 43.1 Å². The summed E-state index contributed by atoms with van der Waals surface area (Å²) >= 11 is 3.33. The topological polar surface area (TPSA) is 57.4 Å². The molecule has 1 saturated heterocycles. The quantitative estimate of drug-likeness (QED) is 0.824. The molecule has 2 rings (SSSR count). The SMILES string of the molecule is CN1CCN(C)C(C(O)c2c(Br)nnn2C)C1. The lowest BCUT2D eigenvalue weighted by atomic mass is 10.0. The van der Waals surface area contributed by atoms with Gasteiger partial charge in [0.1, 0.15) is 11.8 Å². The second-order valence-electron chi connectivity index (χ2n) is 4.64. The number of rotatable bonds is 2. The zero-order valence-electron chi connectivity index (χ0n) is 10.3. The average Bonchev–Trinajstić information content (AvgIpc) is 2.61. The van der Waals surface area contributed by atoms with Crippen molar-refractivity contribution in [2.24, 2.45) is 7.05 Å². The van der Waals surface area contributed by atoms with Gasteiger partial charge in [0, 0.05) is 26.7 Å². The molecule has 1 N–H and O–H groups in total. The molecule has 1 aromatic heterocycles. The van der Waals surface area contributed by atoms with E-state index in [0.717, 1.165) is 25.3 Å². The van der Waals surface area contributed by atoms with Crippen LogP contribution in [0.3, 0.4) is 0 Å². The summed E-state index contributed by atoms with van der Waals surface area (Å²) < 4.78 is 2.24. The summed E-state index contributed by atoms with van der Waals surface area (Å²) in [4.78, 5) is 4.41. The van der Waals surface area contributed by atoms with E-state index in [1.807, 2.05) is 7.05 Å². The fourth-order valence-corrected chi connectivity index (χ4v) is 2.78. The number of aryl methyl sites for hydroxylation is 1. The first kappa shape index (κ1) is 12.9. The van der Waals surface area contributed by atoms with Gasteiger partial charge >= 0.3 is 0 Å². The van der Waals surface area contributed by atoms with Gasteiger partial charge in [0.25, 0.3) is 0 Å². The molecule has 96 valence electrons. The molecule has 1 aliphatic rings. The van der Waals surface area contributed by atoms with Crippen LogP contribution in [-0.2, 0) is 7.05 Å². The molecular formula is C10H18BrN5O. The molecule has 0 amide bonds. The lowest BCUT2D eigenvalue weighted by Gasteiger charge is -2.39. The molecule has 0 radical (unpaired) electrons. The Morgan fingerprint density at radius 2 is 2.06 bits per heavy atom. The monoisotopic (exact) mass is 303 g/mol. The first-order valence-corrected chi connectivity index (χ1v) is 6.42. The highest BCUT2D eigenvalue weighted by atomic mass is 79.9. The van der Waals surface area contributed by atoms with Gasteiger partial charge in [0.15, 0.2) is 4.60 Å². The Morgan fingerprint density at radius 1 is 1.35 bits per heavy atom. The molecule has 0 spiro atoms. The third-order valence-corrected chi connectivity index (χ3v) is 3.94. The lowest BCUT2D eigenvalue weighted by Crippen LogP contribution is -2.52. The van der Waals surface area contributed by atoms with Crippen molar-refractivity contribution in [3.8, 4) is 0 Å². The van der Waals surface area contributed by atoms with Crippen molar-refractivity contribution in [3.05, 3.63) is 10.3 Å². The summed E-state index contributed by atoms with van der Waals surface area (Å²) in [7, 11) is 5.91. The lowest BCUT2D eigenvalue weighted by molar-refractivity contribution is 0.00960. The van der Waals surface area contributed by atoms with Gasteiger partial charge in [-0.3, -0.25) is 4.90 Å². The Labute approximate surface area is 109 Å². The minimum Gasteiger partial charge on any atom is -0.385 e. The van der Waals surface area contributed by atoms with E-state index < -0.39 is 6.10 Å². The summed E-state index contributed by atoms with van der Waals surface area (Å²) in [6.45, 7) is 2.83. The predicted molar refractivity (Wildman–Crippen MR) is 67.6 cm³/mol. The normalized spacial score (nSPS) is 25.1. The minimum absolute atomic E-state index is 0.0715. The number of hydrogen-bond donors (Lipinski definition) is 1. The first-order valence-electron chi connectivity index (χ1n) is 5.62. The van der Waals surface area contributed by atoms with Crippen molar-refractivity contribution in [2.45, 2.75) is 12.1 Å². The van der Waals surface area contributed by atoms with Crippen LogP contribution in [0.5, 0.6) is 0 Å². The smallest absolute Gasteiger partial charge is 0.154 e. The van der Waals surface area contributed by atoms with E-state index in [-0.39, 0.29) is 6.04 Å². The van der Waals surface area contributed by atoms with Gasteiger partial charge in [-0.25, -0.2) is 4.68 Å². The third kappa shape index (κ3) is 2.52. The highest BCUT2D eigenvalue weighted by Crippen LogP contribution is 2.26. The van der Waals surface area contributed by atoms with Crippen molar-refractivity contribution in [3.63, 3.8) is 0 Å². The van der Waals surface area contributed by atoms with Crippen LogP contribution < -0.4 is 0 Å². The van der Waals surface area contributed by atoms with Crippen molar-refractivity contribution in [1.29, 1.82) is 0 Å². The summed E-state index contributed by atoms with van der Waals surface area (Å²) in [5, 5.41) is 18.3. The molecule has 1 fully saturated rings. The van der Waals surface area contributed by atoms with E-state index in [4.69, 9.17) is 0 Å². The zero-order chi connectivity index (χ0) is 12.6. The van der Waals surface area contributed by atoms with E-state index in [1.165, 1.54) is 0 Å². The Hall–Kier alpha value is -0.500. The van der Waals surface area contributed by atoms with Crippen LogP contribution in [0.2, 0.25) is 0 Å². The van der Waals surface area contributed by atoms with Gasteiger partial charge in [-0.15, -0.1) is 5.10 Å². The van der Waals surface area contributed by atoms with Crippen LogP contribution in [0.4, 0.5) is 0 Å². The van der Waals surface area contributed by atoms with Crippen LogP contribution in [0.15, 0.2) is 4.60 Å². The van der Waals surface area contributed by atoms with Crippen LogP contribution in [0.25, 0.3) is 0 Å². The fraction of sp³-hybridized carbons (Fsp3) is 0.800. The first-order chi connectivity index (χ1) is 8.00. The second kappa shape index (κ2) is 5.01. The molecule has 1 aliphatic heterocycles. The number of nitrogens with zero attached hydrogens (tertiary/aromatic N) is 5. The zero-order valence-corrected chi connectivity index (χ0v) is 11.9. The van der Waals surface area contributed by atoms with Gasteiger partial charge < -0.3 is 10.0 Å². The van der Waals surface area contributed by atoms with Crippen LogP contribution in [0.1, 0.15) is 11.8 Å². The number of likely N-dealkylation sites (N-methyl/N-ethyl adjacent to an activating group) is 2. The fourth-order valence-electron chi connectivity index (χ4n) is 2.22. The number of aliphatic hydroxyl groups excluding tert-OH is 1. The Bertz CT molecular complexity index is 377. The third-order valence-electron chi connectivity index (χ3n) is 3.37. The highest BCUT2D eigenvalue weighted by molar-refractivity contribution is 9.10. The summed E-state index contributed by atoms with van der Waals surface area (Å²) in [6, 6.07) is 0.0715. The van der Waals surface area contributed by atoms with Crippen LogP contribution >= 0.6 is 15.9 Å². The molecule has 0 saturated carbocycles. The van der Waals surface area contributed by atoms with Crippen LogP contribution in [-0.4, -0.2) is 69.7 Å². The van der Waals surface area contributed by atoms with E-state index in [1.54, 1.807) is 11.7 Å². The van der Waals surface area contributed by atoms with Gasteiger partial charge in [-0.1, -0.05) is 5.21 Å². The molecular weight excluding hydrogens is 286 g/mol. The number of halogens is 1. The molecule has 0 bridgehead atoms. The maximum Gasteiger partial charge on any atom is 0.154 e. The average molecular weight is 304 g/mol. The van der Waals surface area contributed by atoms with Gasteiger partial charge in [-0.2, -0.15) is 0 Å². The van der Waals surface area contributed by atoms with Crippen molar-refractivity contribution >= 4 is 15.9 Å². The minimum atomic E-state index is -0.586. The van der Waals surface area contributed by atoms with E-state index in [0.29, 0.717) is 4.60 Å². The highest BCUT2D eigenvalue weighted by Gasteiger charge is 2.32. The summed E-state index contributed by atoms with van der Waals surface area (Å²) in [5.74, 6) is 0. The molecule has 2 heterocycles. The maximum absolute atomic E-state index is 10.5. The molecule has 1 aromatic rings. The molecule has 6 nitrogen and oxygen atoms in total. The molecule has 7 heteroatoms. The van der Waals surface area contributed by atoms with Gasteiger partial charge in [-0.05, 0) is 30.0 Å². The summed E-state index contributed by atoms with van der Waals surface area (Å²) in [6.07, 6.45) is -0.586. The van der Waals surface area contributed by atoms with Crippen molar-refractivity contribution < 1.29 is 5.11 Å². The number of piperazine rings is 1. The number of aliphatic hydroxyl groups is 1. The van der Waals surface area contributed by atoms with Crippen molar-refractivity contribution in [2.75, 3.05) is 33.7 Å². The van der Waals surface area contributed by atoms with E-state index >= 15 is 0 Å². The largest absolute Gasteiger partial charge is 0.385 e.